The molecule has 1 aliphatic rings. The predicted molar refractivity (Wildman–Crippen MR) is 85.2 cm³/mol. The Balaban J connectivity index is 1.95. The van der Waals surface area contributed by atoms with Gasteiger partial charge in [-0.25, -0.2) is 4.99 Å². The molecule has 3 nitrogen and oxygen atoms in total. The maximum Gasteiger partial charge on any atom is 0.232 e. The van der Waals surface area contributed by atoms with Crippen molar-refractivity contribution in [1.82, 2.24) is 4.90 Å². The number of carbonyl (C=O) groups is 1. The highest BCUT2D eigenvalue weighted by atomic mass is 32.2. The van der Waals surface area contributed by atoms with E-state index in [1.165, 1.54) is 5.56 Å². The lowest BCUT2D eigenvalue weighted by atomic mass is 10.2. The molecule has 0 aliphatic carbocycles. The molecule has 0 radical (unpaired) electrons. The van der Waals surface area contributed by atoms with Crippen LogP contribution in [0.25, 0.3) is 0 Å². The number of rotatable bonds is 4. The first kappa shape index (κ1) is 14.5. The highest BCUT2D eigenvalue weighted by molar-refractivity contribution is 8.38. The van der Waals surface area contributed by atoms with Crippen molar-refractivity contribution >= 4 is 39.5 Å². The fraction of sp³-hybridized carbons (Fsp3) is 0.429. The highest BCUT2D eigenvalue weighted by Gasteiger charge is 2.15. The van der Waals surface area contributed by atoms with E-state index in [4.69, 9.17) is 0 Å². The summed E-state index contributed by atoms with van der Waals surface area (Å²) in [6.07, 6.45) is 0. The molecule has 1 heterocycles. The van der Waals surface area contributed by atoms with Crippen molar-refractivity contribution in [3.05, 3.63) is 29.8 Å². The van der Waals surface area contributed by atoms with E-state index in [0.717, 1.165) is 28.9 Å². The van der Waals surface area contributed by atoms with E-state index < -0.39 is 0 Å². The van der Waals surface area contributed by atoms with Crippen LogP contribution < -0.4 is 0 Å². The number of amides is 1. The van der Waals surface area contributed by atoms with Crippen molar-refractivity contribution in [2.24, 2.45) is 4.99 Å². The van der Waals surface area contributed by atoms with E-state index in [-0.39, 0.29) is 5.91 Å². The lowest BCUT2D eigenvalue weighted by molar-refractivity contribution is -0.127. The van der Waals surface area contributed by atoms with Crippen molar-refractivity contribution < 1.29 is 4.79 Å². The zero-order valence-electron chi connectivity index (χ0n) is 11.3. The molecule has 0 bridgehead atoms. The minimum Gasteiger partial charge on any atom is -0.343 e. The third kappa shape index (κ3) is 3.76. The summed E-state index contributed by atoms with van der Waals surface area (Å²) < 4.78 is 0.999. The molecule has 1 amide bonds. The largest absolute Gasteiger partial charge is 0.343 e. The van der Waals surface area contributed by atoms with Gasteiger partial charge in [0.05, 0.1) is 11.4 Å². The maximum absolute atomic E-state index is 11.9. The van der Waals surface area contributed by atoms with Crippen LogP contribution in [-0.4, -0.2) is 34.0 Å². The Morgan fingerprint density at radius 1 is 1.37 bits per heavy atom. The molecule has 19 heavy (non-hydrogen) atoms. The van der Waals surface area contributed by atoms with Crippen LogP contribution in [0.15, 0.2) is 29.3 Å². The number of carbonyl (C=O) groups excluding carboxylic acids is 1. The second-order valence-electron chi connectivity index (χ2n) is 4.15. The molecule has 0 saturated carbocycles. The first-order valence-electron chi connectivity index (χ1n) is 6.44. The van der Waals surface area contributed by atoms with E-state index in [1.807, 2.05) is 36.9 Å². The van der Waals surface area contributed by atoms with Crippen LogP contribution in [0.5, 0.6) is 0 Å². The first-order valence-corrected chi connectivity index (χ1v) is 8.41. The Morgan fingerprint density at radius 2 is 2.11 bits per heavy atom. The van der Waals surface area contributed by atoms with Crippen LogP contribution >= 0.6 is 23.5 Å². The van der Waals surface area contributed by atoms with E-state index in [9.17, 15) is 4.79 Å². The topological polar surface area (TPSA) is 32.7 Å². The number of hydrogen-bond acceptors (Lipinski definition) is 4. The Bertz CT molecular complexity index is 484. The van der Waals surface area contributed by atoms with Gasteiger partial charge in [-0.05, 0) is 25.5 Å². The second-order valence-corrected chi connectivity index (χ2v) is 6.34. The van der Waals surface area contributed by atoms with Crippen LogP contribution in [0.1, 0.15) is 19.4 Å². The monoisotopic (exact) mass is 294 g/mol. The molecule has 0 N–H and O–H groups in total. The molecule has 0 spiro atoms. The zero-order chi connectivity index (χ0) is 13.7. The van der Waals surface area contributed by atoms with Crippen LogP contribution in [0.2, 0.25) is 0 Å². The maximum atomic E-state index is 11.9. The number of hydrogen-bond donors (Lipinski definition) is 0. The highest BCUT2D eigenvalue weighted by Crippen LogP contribution is 2.34. The first-order chi connectivity index (χ1) is 9.24. The Morgan fingerprint density at radius 3 is 2.84 bits per heavy atom. The summed E-state index contributed by atoms with van der Waals surface area (Å²) in [6, 6.07) is 8.18. The van der Waals surface area contributed by atoms with Crippen molar-refractivity contribution in [2.45, 2.75) is 19.6 Å². The molecule has 5 heteroatoms. The summed E-state index contributed by atoms with van der Waals surface area (Å²) in [6.45, 7) is 5.57. The third-order valence-electron chi connectivity index (χ3n) is 2.99. The van der Waals surface area contributed by atoms with E-state index in [1.54, 1.807) is 23.5 Å². The minimum atomic E-state index is 0.192. The number of benzene rings is 1. The summed E-state index contributed by atoms with van der Waals surface area (Å²) in [4.78, 5) is 18.4. The van der Waals surface area contributed by atoms with Gasteiger partial charge in [0.25, 0.3) is 0 Å². The Kier molecular flexibility index (Phi) is 5.34. The zero-order valence-corrected chi connectivity index (χ0v) is 12.9. The van der Waals surface area contributed by atoms with Gasteiger partial charge in [-0.2, -0.15) is 0 Å². The van der Waals surface area contributed by atoms with Crippen LogP contribution in [0.3, 0.4) is 0 Å². The van der Waals surface area contributed by atoms with Gasteiger partial charge >= 0.3 is 0 Å². The van der Waals surface area contributed by atoms with Gasteiger partial charge in [-0.1, -0.05) is 41.7 Å². The van der Waals surface area contributed by atoms with Gasteiger partial charge in [0, 0.05) is 18.8 Å². The molecule has 0 saturated heterocycles. The molecule has 0 aromatic heterocycles. The summed E-state index contributed by atoms with van der Waals surface area (Å²) in [5.41, 5.74) is 2.31. The second kappa shape index (κ2) is 7.01. The third-order valence-corrected chi connectivity index (χ3v) is 5.22. The van der Waals surface area contributed by atoms with Gasteiger partial charge in [0.2, 0.25) is 5.91 Å². The fourth-order valence-electron chi connectivity index (χ4n) is 1.88. The quantitative estimate of drug-likeness (QED) is 0.851. The Labute approximate surface area is 122 Å². The van der Waals surface area contributed by atoms with Gasteiger partial charge in [-0.15, -0.1) is 0 Å². The van der Waals surface area contributed by atoms with E-state index >= 15 is 0 Å². The molecule has 0 fully saturated rings. The molecule has 102 valence electrons. The normalized spacial score (nSPS) is 13.7. The average Bonchev–Trinajstić information content (AvgIpc) is 2.46. The fourth-order valence-corrected chi connectivity index (χ4v) is 3.84. The predicted octanol–water partition coefficient (Wildman–Crippen LogP) is 3.52. The summed E-state index contributed by atoms with van der Waals surface area (Å²) >= 11 is 3.27. The SMILES string of the molecule is CCN(CC)C(=O)CSC1=Nc2ccccc2CS1. The molecule has 2 rings (SSSR count). The number of aliphatic imine (C=N–C) groups is 1. The smallest absolute Gasteiger partial charge is 0.232 e. The number of thioether (sulfide) groups is 2. The van der Waals surface area contributed by atoms with Crippen LogP contribution in [-0.2, 0) is 10.5 Å². The van der Waals surface area contributed by atoms with Crippen molar-refractivity contribution in [3.63, 3.8) is 0 Å². The summed E-state index contributed by atoms with van der Waals surface area (Å²) in [5, 5.41) is 0. The lowest BCUT2D eigenvalue weighted by Crippen LogP contribution is -2.32. The number of fused-ring (bicyclic) bond motifs is 1. The summed E-state index contributed by atoms with van der Waals surface area (Å²) in [7, 11) is 0. The van der Waals surface area contributed by atoms with Gasteiger partial charge in [0.1, 0.15) is 4.38 Å². The van der Waals surface area contributed by atoms with Gasteiger partial charge < -0.3 is 4.90 Å². The molecular formula is C14H18N2OS2. The molecule has 0 unspecified atom stereocenters. The summed E-state index contributed by atoms with van der Waals surface area (Å²) in [5.74, 6) is 1.62. The van der Waals surface area contributed by atoms with Crippen molar-refractivity contribution in [1.29, 1.82) is 0 Å². The molecule has 1 aliphatic heterocycles. The average molecular weight is 294 g/mol. The van der Waals surface area contributed by atoms with Crippen LogP contribution in [0.4, 0.5) is 5.69 Å². The standard InChI is InChI=1S/C14H18N2OS2/c1-3-16(4-2)13(17)10-19-14-15-12-8-6-5-7-11(12)9-18-14/h5-8H,3-4,9-10H2,1-2H3. The van der Waals surface area contributed by atoms with Crippen LogP contribution in [0, 0.1) is 0 Å². The lowest BCUT2D eigenvalue weighted by Gasteiger charge is -2.19. The molecule has 1 aromatic rings. The minimum absolute atomic E-state index is 0.192. The molecule has 0 atom stereocenters. The molecular weight excluding hydrogens is 276 g/mol. The number of para-hydroxylation sites is 1. The Hall–Kier alpha value is -0.940. The van der Waals surface area contributed by atoms with Crippen molar-refractivity contribution in [3.8, 4) is 0 Å². The van der Waals surface area contributed by atoms with Gasteiger partial charge in [0.15, 0.2) is 0 Å². The van der Waals surface area contributed by atoms with Gasteiger partial charge in [-0.3, -0.25) is 4.79 Å². The van der Waals surface area contributed by atoms with Crippen molar-refractivity contribution in [2.75, 3.05) is 18.8 Å². The van der Waals surface area contributed by atoms with E-state index in [0.29, 0.717) is 5.75 Å². The van der Waals surface area contributed by atoms with E-state index in [2.05, 4.69) is 11.1 Å². The number of nitrogens with zero attached hydrogens (tertiary/aromatic N) is 2. The molecule has 1 aromatic carbocycles.